The summed E-state index contributed by atoms with van der Waals surface area (Å²) in [5, 5.41) is 3.34. The summed E-state index contributed by atoms with van der Waals surface area (Å²) in [6.07, 6.45) is 3.43. The monoisotopic (exact) mass is 274 g/mol. The zero-order valence-corrected chi connectivity index (χ0v) is 11.8. The van der Waals surface area contributed by atoms with Crippen LogP contribution < -0.4 is 10.1 Å². The van der Waals surface area contributed by atoms with Crippen LogP contribution in [0.25, 0.3) is 0 Å². The Hall–Kier alpha value is -1.94. The minimum absolute atomic E-state index is 0.309. The Morgan fingerprint density at radius 1 is 1.30 bits per heavy atom. The molecule has 0 unspecified atom stereocenters. The van der Waals surface area contributed by atoms with E-state index in [1.165, 1.54) is 12.1 Å². The van der Waals surface area contributed by atoms with Crippen molar-refractivity contribution < 1.29 is 9.13 Å². The van der Waals surface area contributed by atoms with E-state index in [1.54, 1.807) is 30.6 Å². The molecule has 0 bridgehead atoms. The highest BCUT2D eigenvalue weighted by atomic mass is 19.1. The Morgan fingerprint density at radius 2 is 2.15 bits per heavy atom. The molecular formula is C16H19FN2O. The number of rotatable bonds is 6. The smallest absolute Gasteiger partial charge is 0.134 e. The van der Waals surface area contributed by atoms with Gasteiger partial charge < -0.3 is 10.1 Å². The third kappa shape index (κ3) is 4.31. The van der Waals surface area contributed by atoms with Crippen molar-refractivity contribution in [2.45, 2.75) is 20.4 Å². The fourth-order valence-corrected chi connectivity index (χ4v) is 1.80. The van der Waals surface area contributed by atoms with E-state index in [0.717, 1.165) is 12.1 Å². The van der Waals surface area contributed by atoms with Gasteiger partial charge in [0.2, 0.25) is 0 Å². The summed E-state index contributed by atoms with van der Waals surface area (Å²) in [4.78, 5) is 4.11. The molecule has 1 heterocycles. The molecule has 0 amide bonds. The highest BCUT2D eigenvalue weighted by Crippen LogP contribution is 2.24. The standard InChI is InChI=1S/C16H19FN2O/c1-12(2)9-19-11-13-10-18-7-6-16(13)20-15-5-3-4-14(17)8-15/h3-8,10,12,19H,9,11H2,1-2H3. The van der Waals surface area contributed by atoms with Crippen LogP contribution >= 0.6 is 0 Å². The molecule has 0 aliphatic rings. The van der Waals surface area contributed by atoms with Gasteiger partial charge in [-0.15, -0.1) is 0 Å². The van der Waals surface area contributed by atoms with Crippen LogP contribution in [-0.2, 0) is 6.54 Å². The van der Waals surface area contributed by atoms with Gasteiger partial charge >= 0.3 is 0 Å². The average Bonchev–Trinajstić information content (AvgIpc) is 2.40. The van der Waals surface area contributed by atoms with E-state index in [2.05, 4.69) is 24.1 Å². The Bertz CT molecular complexity index is 558. The molecular weight excluding hydrogens is 255 g/mol. The number of halogens is 1. The zero-order chi connectivity index (χ0) is 14.4. The Labute approximate surface area is 118 Å². The first-order valence-electron chi connectivity index (χ1n) is 6.72. The van der Waals surface area contributed by atoms with Crippen LogP contribution in [0, 0.1) is 11.7 Å². The van der Waals surface area contributed by atoms with E-state index < -0.39 is 0 Å². The first-order valence-corrected chi connectivity index (χ1v) is 6.72. The first kappa shape index (κ1) is 14.5. The van der Waals surface area contributed by atoms with Gasteiger partial charge in [-0.3, -0.25) is 4.98 Å². The largest absolute Gasteiger partial charge is 0.457 e. The van der Waals surface area contributed by atoms with E-state index in [0.29, 0.717) is 24.0 Å². The molecule has 0 aliphatic carbocycles. The summed E-state index contributed by atoms with van der Waals surface area (Å²) in [6.45, 7) is 5.91. The van der Waals surface area contributed by atoms with Gasteiger partial charge in [0, 0.05) is 30.6 Å². The molecule has 4 heteroatoms. The molecule has 0 radical (unpaired) electrons. The van der Waals surface area contributed by atoms with Crippen molar-refractivity contribution in [2.75, 3.05) is 6.54 Å². The molecule has 3 nitrogen and oxygen atoms in total. The average molecular weight is 274 g/mol. The molecule has 0 aliphatic heterocycles. The quantitative estimate of drug-likeness (QED) is 0.871. The molecule has 2 aromatic rings. The maximum Gasteiger partial charge on any atom is 0.134 e. The number of nitrogens with one attached hydrogen (secondary N) is 1. The van der Waals surface area contributed by atoms with Gasteiger partial charge in [-0.1, -0.05) is 19.9 Å². The van der Waals surface area contributed by atoms with Gasteiger partial charge in [0.15, 0.2) is 0 Å². The predicted molar refractivity (Wildman–Crippen MR) is 77.3 cm³/mol. The van der Waals surface area contributed by atoms with E-state index in [9.17, 15) is 4.39 Å². The Balaban J connectivity index is 2.07. The molecule has 2 rings (SSSR count). The van der Waals surface area contributed by atoms with Crippen LogP contribution in [0.3, 0.4) is 0 Å². The maximum atomic E-state index is 13.2. The van der Waals surface area contributed by atoms with Gasteiger partial charge in [-0.25, -0.2) is 4.39 Å². The molecule has 0 saturated heterocycles. The second kappa shape index (κ2) is 7.01. The van der Waals surface area contributed by atoms with Gasteiger partial charge in [-0.2, -0.15) is 0 Å². The van der Waals surface area contributed by atoms with Crippen LogP contribution in [0.5, 0.6) is 11.5 Å². The highest BCUT2D eigenvalue weighted by Gasteiger charge is 2.06. The Kier molecular flexibility index (Phi) is 5.07. The predicted octanol–water partition coefficient (Wildman–Crippen LogP) is 3.76. The molecule has 1 aromatic heterocycles. The SMILES string of the molecule is CC(C)CNCc1cnccc1Oc1cccc(F)c1. The van der Waals surface area contributed by atoms with Gasteiger partial charge in [0.1, 0.15) is 17.3 Å². The van der Waals surface area contributed by atoms with Crippen molar-refractivity contribution in [3.8, 4) is 11.5 Å². The number of hydrogen-bond donors (Lipinski definition) is 1. The summed E-state index contributed by atoms with van der Waals surface area (Å²) in [7, 11) is 0. The molecule has 1 aromatic carbocycles. The lowest BCUT2D eigenvalue weighted by atomic mass is 10.2. The van der Waals surface area contributed by atoms with Crippen LogP contribution in [0.15, 0.2) is 42.7 Å². The fourth-order valence-electron chi connectivity index (χ4n) is 1.80. The van der Waals surface area contributed by atoms with Crippen LogP contribution in [-0.4, -0.2) is 11.5 Å². The number of ether oxygens (including phenoxy) is 1. The van der Waals surface area contributed by atoms with Crippen LogP contribution in [0.4, 0.5) is 4.39 Å². The molecule has 106 valence electrons. The number of pyridine rings is 1. The maximum absolute atomic E-state index is 13.2. The van der Waals surface area contributed by atoms with Crippen molar-refractivity contribution in [1.29, 1.82) is 0 Å². The lowest BCUT2D eigenvalue weighted by Crippen LogP contribution is -2.19. The molecule has 0 atom stereocenters. The summed E-state index contributed by atoms with van der Waals surface area (Å²) >= 11 is 0. The lowest BCUT2D eigenvalue weighted by Gasteiger charge is -2.12. The van der Waals surface area contributed by atoms with Crippen molar-refractivity contribution in [1.82, 2.24) is 10.3 Å². The molecule has 0 spiro atoms. The van der Waals surface area contributed by atoms with Crippen molar-refractivity contribution in [2.24, 2.45) is 5.92 Å². The van der Waals surface area contributed by atoms with Crippen LogP contribution in [0.1, 0.15) is 19.4 Å². The number of hydrogen-bond acceptors (Lipinski definition) is 3. The Morgan fingerprint density at radius 3 is 2.90 bits per heavy atom. The minimum Gasteiger partial charge on any atom is -0.457 e. The number of benzene rings is 1. The second-order valence-electron chi connectivity index (χ2n) is 5.07. The third-order valence-corrected chi connectivity index (χ3v) is 2.75. The molecule has 0 saturated carbocycles. The number of nitrogens with zero attached hydrogens (tertiary/aromatic N) is 1. The van der Waals surface area contributed by atoms with Crippen molar-refractivity contribution >= 4 is 0 Å². The second-order valence-corrected chi connectivity index (χ2v) is 5.07. The summed E-state index contributed by atoms with van der Waals surface area (Å²) < 4.78 is 18.9. The normalized spacial score (nSPS) is 10.8. The molecule has 20 heavy (non-hydrogen) atoms. The van der Waals surface area contributed by atoms with Gasteiger partial charge in [0.25, 0.3) is 0 Å². The van der Waals surface area contributed by atoms with Crippen molar-refractivity contribution in [3.05, 3.63) is 54.1 Å². The highest BCUT2D eigenvalue weighted by molar-refractivity contribution is 5.35. The van der Waals surface area contributed by atoms with E-state index in [-0.39, 0.29) is 5.82 Å². The van der Waals surface area contributed by atoms with Crippen molar-refractivity contribution in [3.63, 3.8) is 0 Å². The molecule has 0 fully saturated rings. The van der Waals surface area contributed by atoms with E-state index >= 15 is 0 Å². The van der Waals surface area contributed by atoms with E-state index in [1.807, 2.05) is 0 Å². The van der Waals surface area contributed by atoms with E-state index in [4.69, 9.17) is 4.74 Å². The molecule has 1 N–H and O–H groups in total. The minimum atomic E-state index is -0.309. The van der Waals surface area contributed by atoms with Gasteiger partial charge in [0.05, 0.1) is 0 Å². The first-order chi connectivity index (χ1) is 9.65. The lowest BCUT2D eigenvalue weighted by molar-refractivity contribution is 0.463. The number of aromatic nitrogens is 1. The topological polar surface area (TPSA) is 34.2 Å². The summed E-state index contributed by atoms with van der Waals surface area (Å²) in [5.41, 5.74) is 0.956. The summed E-state index contributed by atoms with van der Waals surface area (Å²) in [6, 6.07) is 7.91. The van der Waals surface area contributed by atoms with Crippen LogP contribution in [0.2, 0.25) is 0 Å². The van der Waals surface area contributed by atoms with Gasteiger partial charge in [-0.05, 0) is 30.7 Å². The third-order valence-electron chi connectivity index (χ3n) is 2.75. The zero-order valence-electron chi connectivity index (χ0n) is 11.8. The summed E-state index contributed by atoms with van der Waals surface area (Å²) in [5.74, 6) is 1.46. The fraction of sp³-hybridized carbons (Fsp3) is 0.312.